The van der Waals surface area contributed by atoms with Gasteiger partial charge in [-0.15, -0.1) is 0 Å². The predicted molar refractivity (Wildman–Crippen MR) is 84.7 cm³/mol. The van der Waals surface area contributed by atoms with Crippen molar-refractivity contribution in [1.29, 1.82) is 0 Å². The summed E-state index contributed by atoms with van der Waals surface area (Å²) >= 11 is 0. The predicted octanol–water partition coefficient (Wildman–Crippen LogP) is 0.284. The van der Waals surface area contributed by atoms with E-state index in [1.165, 1.54) is 14.2 Å². The van der Waals surface area contributed by atoms with Crippen LogP contribution in [-0.2, 0) is 42.9 Å². The molecule has 1 fully saturated rings. The molecule has 144 valence electrons. The fourth-order valence-electron chi connectivity index (χ4n) is 1.81. The highest BCUT2D eigenvalue weighted by Crippen LogP contribution is 2.12. The molecule has 0 spiro atoms. The third kappa shape index (κ3) is 11.2. The van der Waals surface area contributed by atoms with Crippen LogP contribution in [0.1, 0.15) is 26.2 Å². The zero-order chi connectivity index (χ0) is 19.1. The van der Waals surface area contributed by atoms with E-state index in [0.29, 0.717) is 39.1 Å². The van der Waals surface area contributed by atoms with Gasteiger partial charge in [-0.1, -0.05) is 0 Å². The molecular formula is C16H26O9. The molecule has 0 aromatic carbocycles. The second kappa shape index (κ2) is 14.4. The minimum atomic E-state index is -0.589. The molecule has 0 aromatic rings. The summed E-state index contributed by atoms with van der Waals surface area (Å²) in [6.07, 6.45) is 1.30. The van der Waals surface area contributed by atoms with Crippen molar-refractivity contribution in [2.45, 2.75) is 26.2 Å². The first-order chi connectivity index (χ1) is 12.0. The number of methoxy groups -OCH3 is 2. The molecule has 9 nitrogen and oxygen atoms in total. The summed E-state index contributed by atoms with van der Waals surface area (Å²) in [6.45, 7) is 2.88. The normalized spacial score (nSPS) is 16.3. The quantitative estimate of drug-likeness (QED) is 0.260. The topological polar surface area (TPSA) is 114 Å². The SMILES string of the molecule is CCOC(=O)COCCCC(=O)OC.COC(=O)C1CCOCC1=O. The van der Waals surface area contributed by atoms with Crippen molar-refractivity contribution >= 4 is 23.7 Å². The Balaban J connectivity index is 0.000000472. The highest BCUT2D eigenvalue weighted by atomic mass is 16.6. The number of hydrogen-bond acceptors (Lipinski definition) is 9. The molecule has 25 heavy (non-hydrogen) atoms. The maximum atomic E-state index is 11.0. The number of hydrogen-bond donors (Lipinski definition) is 0. The Morgan fingerprint density at radius 3 is 2.44 bits per heavy atom. The van der Waals surface area contributed by atoms with Gasteiger partial charge in [0.1, 0.15) is 19.1 Å². The molecule has 1 unspecified atom stereocenters. The Kier molecular flexibility index (Phi) is 13.2. The summed E-state index contributed by atoms with van der Waals surface area (Å²) in [5.41, 5.74) is 0. The molecule has 0 aromatic heterocycles. The van der Waals surface area contributed by atoms with Crippen molar-refractivity contribution in [1.82, 2.24) is 0 Å². The number of esters is 3. The van der Waals surface area contributed by atoms with Gasteiger partial charge in [0.05, 0.1) is 20.8 Å². The first kappa shape index (κ1) is 23.0. The van der Waals surface area contributed by atoms with Crippen LogP contribution in [0, 0.1) is 5.92 Å². The number of ketones is 1. The van der Waals surface area contributed by atoms with E-state index in [4.69, 9.17) is 9.47 Å². The second-order valence-corrected chi connectivity index (χ2v) is 4.92. The average molecular weight is 362 g/mol. The summed E-state index contributed by atoms with van der Waals surface area (Å²) in [5.74, 6) is -1.87. The highest BCUT2D eigenvalue weighted by molar-refractivity contribution is 5.99. The van der Waals surface area contributed by atoms with Gasteiger partial charge in [-0.25, -0.2) is 4.79 Å². The molecule has 0 aliphatic carbocycles. The molecule has 0 radical (unpaired) electrons. The number of carbonyl (C=O) groups excluding carboxylic acids is 4. The van der Waals surface area contributed by atoms with Crippen LogP contribution < -0.4 is 0 Å². The first-order valence-electron chi connectivity index (χ1n) is 7.94. The van der Waals surface area contributed by atoms with Gasteiger partial charge in [0, 0.05) is 19.6 Å². The molecule has 0 saturated carbocycles. The van der Waals surface area contributed by atoms with Crippen LogP contribution in [0.3, 0.4) is 0 Å². The Morgan fingerprint density at radius 2 is 1.88 bits per heavy atom. The van der Waals surface area contributed by atoms with Crippen molar-refractivity contribution in [3.05, 3.63) is 0 Å². The Hall–Kier alpha value is -2.00. The Bertz CT molecular complexity index is 425. The summed E-state index contributed by atoms with van der Waals surface area (Å²) in [6, 6.07) is 0. The molecule has 0 amide bonds. The summed E-state index contributed by atoms with van der Waals surface area (Å²) in [7, 11) is 2.62. The molecule has 1 saturated heterocycles. The third-order valence-corrected chi connectivity index (χ3v) is 3.09. The summed E-state index contributed by atoms with van der Waals surface area (Å²) in [5, 5.41) is 0. The zero-order valence-electron chi connectivity index (χ0n) is 14.9. The zero-order valence-corrected chi connectivity index (χ0v) is 14.9. The molecule has 0 N–H and O–H groups in total. The van der Waals surface area contributed by atoms with Crippen LogP contribution in [0.2, 0.25) is 0 Å². The fraction of sp³-hybridized carbons (Fsp3) is 0.750. The second-order valence-electron chi connectivity index (χ2n) is 4.92. The van der Waals surface area contributed by atoms with Crippen molar-refractivity contribution in [3.63, 3.8) is 0 Å². The van der Waals surface area contributed by atoms with Gasteiger partial charge in [0.2, 0.25) is 0 Å². The van der Waals surface area contributed by atoms with Crippen LogP contribution in [0.15, 0.2) is 0 Å². The molecule has 1 aliphatic rings. The standard InChI is InChI=1S/C9H16O5.C7H10O4/c1-3-14-9(11)7-13-6-4-5-8(10)12-2;1-10-7(9)5-2-3-11-4-6(5)8/h3-7H2,1-2H3;5H,2-4H2,1H3. The molecular weight excluding hydrogens is 336 g/mol. The van der Waals surface area contributed by atoms with E-state index in [-0.39, 0.29) is 30.9 Å². The lowest BCUT2D eigenvalue weighted by atomic mass is 9.99. The lowest BCUT2D eigenvalue weighted by molar-refractivity contribution is -0.154. The molecule has 1 rings (SSSR count). The van der Waals surface area contributed by atoms with Gasteiger partial charge >= 0.3 is 17.9 Å². The molecule has 9 heteroatoms. The van der Waals surface area contributed by atoms with Crippen LogP contribution in [0.4, 0.5) is 0 Å². The maximum absolute atomic E-state index is 11.0. The van der Waals surface area contributed by atoms with Crippen LogP contribution in [0.5, 0.6) is 0 Å². The number of ether oxygens (including phenoxy) is 5. The van der Waals surface area contributed by atoms with Gasteiger partial charge in [0.25, 0.3) is 0 Å². The van der Waals surface area contributed by atoms with Crippen LogP contribution >= 0.6 is 0 Å². The van der Waals surface area contributed by atoms with Crippen molar-refractivity contribution in [2.75, 3.05) is 47.3 Å². The molecule has 1 heterocycles. The minimum Gasteiger partial charge on any atom is -0.469 e. The fourth-order valence-corrected chi connectivity index (χ4v) is 1.81. The summed E-state index contributed by atoms with van der Waals surface area (Å²) < 4.78 is 23.3. The first-order valence-corrected chi connectivity index (χ1v) is 7.94. The molecule has 1 atom stereocenters. The number of Topliss-reactive ketones (excluding diaryl/α,β-unsaturated/α-hetero) is 1. The Labute approximate surface area is 146 Å². The van der Waals surface area contributed by atoms with E-state index in [9.17, 15) is 19.2 Å². The van der Waals surface area contributed by atoms with E-state index in [0.717, 1.165) is 0 Å². The minimum absolute atomic E-state index is 0.0414. The van der Waals surface area contributed by atoms with E-state index in [2.05, 4.69) is 14.2 Å². The van der Waals surface area contributed by atoms with Crippen molar-refractivity contribution in [2.24, 2.45) is 5.92 Å². The van der Waals surface area contributed by atoms with Crippen LogP contribution in [-0.4, -0.2) is 70.9 Å². The summed E-state index contributed by atoms with van der Waals surface area (Å²) in [4.78, 5) is 43.2. The van der Waals surface area contributed by atoms with Crippen molar-refractivity contribution in [3.8, 4) is 0 Å². The highest BCUT2D eigenvalue weighted by Gasteiger charge is 2.30. The number of carbonyl (C=O) groups is 4. The van der Waals surface area contributed by atoms with Gasteiger partial charge < -0.3 is 23.7 Å². The van der Waals surface area contributed by atoms with Crippen molar-refractivity contribution < 1.29 is 42.9 Å². The van der Waals surface area contributed by atoms with Crippen LogP contribution in [0.25, 0.3) is 0 Å². The van der Waals surface area contributed by atoms with Gasteiger partial charge in [-0.2, -0.15) is 0 Å². The lowest BCUT2D eigenvalue weighted by Crippen LogP contribution is -2.33. The monoisotopic (exact) mass is 362 g/mol. The largest absolute Gasteiger partial charge is 0.469 e. The maximum Gasteiger partial charge on any atom is 0.332 e. The van der Waals surface area contributed by atoms with E-state index in [1.807, 2.05) is 0 Å². The van der Waals surface area contributed by atoms with Gasteiger partial charge in [0.15, 0.2) is 5.78 Å². The molecule has 0 bridgehead atoms. The van der Waals surface area contributed by atoms with Gasteiger partial charge in [-0.3, -0.25) is 14.4 Å². The van der Waals surface area contributed by atoms with E-state index >= 15 is 0 Å². The Morgan fingerprint density at radius 1 is 1.16 bits per heavy atom. The third-order valence-electron chi connectivity index (χ3n) is 3.09. The van der Waals surface area contributed by atoms with E-state index in [1.54, 1.807) is 6.92 Å². The molecule has 1 aliphatic heterocycles. The smallest absolute Gasteiger partial charge is 0.332 e. The van der Waals surface area contributed by atoms with Gasteiger partial charge in [-0.05, 0) is 19.8 Å². The number of rotatable bonds is 8. The lowest BCUT2D eigenvalue weighted by Gasteiger charge is -2.17. The average Bonchev–Trinajstić information content (AvgIpc) is 2.61. The van der Waals surface area contributed by atoms with E-state index < -0.39 is 11.9 Å².